The number of hydrogen-bond donors (Lipinski definition) is 2. The van der Waals surface area contributed by atoms with Crippen LogP contribution in [0, 0.1) is 0 Å². The van der Waals surface area contributed by atoms with Crippen LogP contribution in [0.5, 0.6) is 11.5 Å². The third kappa shape index (κ3) is 4.17. The molecule has 2 N–H and O–H groups in total. The number of nitrogens with zero attached hydrogens (tertiary/aromatic N) is 1. The summed E-state index contributed by atoms with van der Waals surface area (Å²) in [5, 5.41) is 10.2. The number of hydrogen-bond acceptors (Lipinski definition) is 5. The molecule has 1 fully saturated rings. The zero-order chi connectivity index (χ0) is 21.1. The normalized spacial score (nSPS) is 16.0. The van der Waals surface area contributed by atoms with Crippen molar-refractivity contribution >= 4 is 41.1 Å². The average Bonchev–Trinajstić information content (AvgIpc) is 2.98. The Morgan fingerprint density at radius 3 is 2.55 bits per heavy atom. The maximum atomic E-state index is 12.7. The molecule has 0 radical (unpaired) electrons. The number of carboxylic acids is 1. The Morgan fingerprint density at radius 1 is 1.24 bits per heavy atom. The van der Waals surface area contributed by atoms with Crippen LogP contribution in [0.3, 0.4) is 0 Å². The van der Waals surface area contributed by atoms with Crippen LogP contribution in [0.25, 0.3) is 6.08 Å². The minimum atomic E-state index is -1.16. The van der Waals surface area contributed by atoms with Crippen molar-refractivity contribution in [3.05, 3.63) is 58.6 Å². The van der Waals surface area contributed by atoms with E-state index in [0.717, 1.165) is 5.01 Å². The fraction of sp³-hybridized carbons (Fsp3) is 0.150. The van der Waals surface area contributed by atoms with Gasteiger partial charge in [0.15, 0.2) is 17.6 Å². The molecule has 0 saturated carbocycles. The Kier molecular flexibility index (Phi) is 5.74. The molecule has 2 aromatic rings. The van der Waals surface area contributed by atoms with Crippen molar-refractivity contribution in [2.24, 2.45) is 0 Å². The van der Waals surface area contributed by atoms with Gasteiger partial charge in [0, 0.05) is 0 Å². The van der Waals surface area contributed by atoms with Crippen molar-refractivity contribution in [3.8, 4) is 11.5 Å². The van der Waals surface area contributed by atoms with Gasteiger partial charge in [0.25, 0.3) is 11.8 Å². The van der Waals surface area contributed by atoms with E-state index in [-0.39, 0.29) is 22.1 Å². The number of rotatable bonds is 6. The molecule has 150 valence electrons. The van der Waals surface area contributed by atoms with Gasteiger partial charge in [0.1, 0.15) is 5.57 Å². The Balaban J connectivity index is 1.94. The van der Waals surface area contributed by atoms with Crippen LogP contribution in [0.4, 0.5) is 5.69 Å². The molecule has 0 spiro atoms. The molecule has 3 rings (SSSR count). The zero-order valence-electron chi connectivity index (χ0n) is 15.5. The summed E-state index contributed by atoms with van der Waals surface area (Å²) in [5.74, 6) is -2.02. The first-order valence-corrected chi connectivity index (χ1v) is 8.88. The first kappa shape index (κ1) is 20.2. The summed E-state index contributed by atoms with van der Waals surface area (Å²) >= 11 is 6.22. The highest BCUT2D eigenvalue weighted by Gasteiger charge is 2.34. The number of halogens is 1. The predicted molar refractivity (Wildman–Crippen MR) is 106 cm³/mol. The van der Waals surface area contributed by atoms with Crippen LogP contribution in [-0.4, -0.2) is 36.1 Å². The van der Waals surface area contributed by atoms with Gasteiger partial charge in [-0.25, -0.2) is 9.80 Å². The maximum absolute atomic E-state index is 12.7. The van der Waals surface area contributed by atoms with Crippen LogP contribution in [0.1, 0.15) is 12.5 Å². The fourth-order valence-corrected chi connectivity index (χ4v) is 2.91. The summed E-state index contributed by atoms with van der Waals surface area (Å²) in [5.41, 5.74) is 3.36. The molecule has 1 aliphatic heterocycles. The van der Waals surface area contributed by atoms with Crippen molar-refractivity contribution in [2.45, 2.75) is 13.0 Å². The second-order valence-corrected chi connectivity index (χ2v) is 6.51. The van der Waals surface area contributed by atoms with Crippen molar-refractivity contribution in [1.82, 2.24) is 5.43 Å². The molecule has 0 unspecified atom stereocenters. The lowest BCUT2D eigenvalue weighted by Crippen LogP contribution is -2.35. The molecule has 8 nitrogen and oxygen atoms in total. The van der Waals surface area contributed by atoms with Gasteiger partial charge in [0.2, 0.25) is 0 Å². The molecular weight excluding hydrogens is 400 g/mol. The number of amides is 2. The highest BCUT2D eigenvalue weighted by atomic mass is 35.5. The lowest BCUT2D eigenvalue weighted by Gasteiger charge is -2.16. The molecule has 0 aliphatic carbocycles. The number of aliphatic carboxylic acids is 1. The zero-order valence-corrected chi connectivity index (χ0v) is 16.3. The number of nitrogens with one attached hydrogen (secondary N) is 1. The van der Waals surface area contributed by atoms with Crippen LogP contribution in [-0.2, 0) is 14.4 Å². The number of carbonyl (C=O) groups is 3. The predicted octanol–water partition coefficient (Wildman–Crippen LogP) is 2.66. The van der Waals surface area contributed by atoms with Crippen molar-refractivity contribution in [2.75, 3.05) is 12.1 Å². The van der Waals surface area contributed by atoms with Crippen molar-refractivity contribution in [3.63, 3.8) is 0 Å². The second kappa shape index (κ2) is 8.24. The summed E-state index contributed by atoms with van der Waals surface area (Å²) in [4.78, 5) is 36.0. The van der Waals surface area contributed by atoms with Gasteiger partial charge in [-0.1, -0.05) is 29.8 Å². The molecule has 9 heteroatoms. The van der Waals surface area contributed by atoms with E-state index in [4.69, 9.17) is 26.2 Å². The van der Waals surface area contributed by atoms with Gasteiger partial charge in [0.05, 0.1) is 17.8 Å². The minimum Gasteiger partial charge on any atom is -0.493 e. The third-order valence-electron chi connectivity index (χ3n) is 4.11. The van der Waals surface area contributed by atoms with Crippen molar-refractivity contribution < 1.29 is 29.0 Å². The molecule has 1 aliphatic rings. The molecular formula is C20H17ClN2O6. The average molecular weight is 417 g/mol. The topological polar surface area (TPSA) is 105 Å². The first-order chi connectivity index (χ1) is 13.8. The number of hydrazine groups is 1. The fourth-order valence-electron chi connectivity index (χ4n) is 2.65. The summed E-state index contributed by atoms with van der Waals surface area (Å²) in [6.07, 6.45) is 0.228. The number of methoxy groups -OCH3 is 1. The van der Waals surface area contributed by atoms with Crippen molar-refractivity contribution in [1.29, 1.82) is 0 Å². The van der Waals surface area contributed by atoms with Gasteiger partial charge in [-0.2, -0.15) is 0 Å². The lowest BCUT2D eigenvalue weighted by atomic mass is 10.1. The minimum absolute atomic E-state index is 0.0549. The van der Waals surface area contributed by atoms with Gasteiger partial charge in [-0.15, -0.1) is 0 Å². The first-order valence-electron chi connectivity index (χ1n) is 8.51. The quantitative estimate of drug-likeness (QED) is 0.554. The van der Waals surface area contributed by atoms with E-state index in [9.17, 15) is 14.4 Å². The summed E-state index contributed by atoms with van der Waals surface area (Å²) < 4.78 is 10.6. The van der Waals surface area contributed by atoms with E-state index >= 15 is 0 Å². The van der Waals surface area contributed by atoms with E-state index in [0.29, 0.717) is 11.3 Å². The smallest absolute Gasteiger partial charge is 0.344 e. The standard InChI is InChI=1S/C20H17ClN2O6/c1-11(20(26)27)29-17-15(21)9-12(10-16(17)28-2)8-14-18(24)22-23(19(14)25)13-6-4-3-5-7-13/h3-11H,1-2H3,(H,22,24)(H,26,27)/b14-8-/t11-/m1/s1. The molecule has 1 atom stereocenters. The molecule has 0 bridgehead atoms. The number of ether oxygens (including phenoxy) is 2. The lowest BCUT2D eigenvalue weighted by molar-refractivity contribution is -0.144. The number of para-hydroxylation sites is 1. The molecule has 1 heterocycles. The summed E-state index contributed by atoms with van der Waals surface area (Å²) in [6.45, 7) is 1.35. The SMILES string of the molecule is COc1cc(/C=C2/C(=O)NN(c3ccccc3)C2=O)cc(Cl)c1O[C@H](C)C(=O)O. The van der Waals surface area contributed by atoms with E-state index in [1.165, 1.54) is 32.2 Å². The number of anilines is 1. The van der Waals surface area contributed by atoms with E-state index in [1.807, 2.05) is 0 Å². The summed E-state index contributed by atoms with van der Waals surface area (Å²) in [7, 11) is 1.37. The molecule has 2 amide bonds. The molecule has 29 heavy (non-hydrogen) atoms. The number of benzene rings is 2. The van der Waals surface area contributed by atoms with Crippen LogP contribution in [0.15, 0.2) is 48.0 Å². The van der Waals surface area contributed by atoms with Crippen LogP contribution >= 0.6 is 11.6 Å². The largest absolute Gasteiger partial charge is 0.493 e. The van der Waals surface area contributed by atoms with E-state index in [1.54, 1.807) is 30.3 Å². The molecule has 1 saturated heterocycles. The van der Waals surface area contributed by atoms with Crippen LogP contribution in [0.2, 0.25) is 5.02 Å². The molecule has 2 aromatic carbocycles. The second-order valence-electron chi connectivity index (χ2n) is 6.11. The number of carboxylic acid groups (broad SMARTS) is 1. The Labute approximate surface area is 171 Å². The Bertz CT molecular complexity index is 1010. The van der Waals surface area contributed by atoms with E-state index < -0.39 is 23.9 Å². The Hall–Kier alpha value is -3.52. The number of carbonyl (C=O) groups excluding carboxylic acids is 2. The van der Waals surface area contributed by atoms with Gasteiger partial charge in [-0.3, -0.25) is 15.0 Å². The van der Waals surface area contributed by atoms with Gasteiger partial charge >= 0.3 is 5.97 Å². The highest BCUT2D eigenvalue weighted by molar-refractivity contribution is 6.33. The highest BCUT2D eigenvalue weighted by Crippen LogP contribution is 2.38. The molecule has 0 aromatic heterocycles. The third-order valence-corrected chi connectivity index (χ3v) is 4.39. The van der Waals surface area contributed by atoms with Gasteiger partial charge < -0.3 is 14.6 Å². The Morgan fingerprint density at radius 2 is 1.93 bits per heavy atom. The van der Waals surface area contributed by atoms with E-state index in [2.05, 4.69) is 5.43 Å². The monoisotopic (exact) mass is 416 g/mol. The maximum Gasteiger partial charge on any atom is 0.344 e. The summed E-state index contributed by atoms with van der Waals surface area (Å²) in [6, 6.07) is 11.6. The van der Waals surface area contributed by atoms with Crippen LogP contribution < -0.4 is 19.9 Å². The van der Waals surface area contributed by atoms with Gasteiger partial charge in [-0.05, 0) is 42.8 Å².